The number of carboxylic acids is 1. The molecule has 0 saturated heterocycles. The van der Waals surface area contributed by atoms with Crippen LogP contribution in [0.15, 0.2) is 5.16 Å². The first-order valence-electron chi connectivity index (χ1n) is 5.58. The highest BCUT2D eigenvalue weighted by atomic mass is 35.5. The van der Waals surface area contributed by atoms with Crippen LogP contribution in [0.3, 0.4) is 0 Å². The van der Waals surface area contributed by atoms with Crippen molar-refractivity contribution in [2.45, 2.75) is 39.0 Å². The van der Waals surface area contributed by atoms with Crippen LogP contribution in [0, 0.1) is 16.7 Å². The van der Waals surface area contributed by atoms with Crippen molar-refractivity contribution in [3.8, 4) is 0 Å². The van der Waals surface area contributed by atoms with Crippen molar-refractivity contribution in [1.82, 2.24) is 0 Å². The van der Waals surface area contributed by atoms with E-state index in [-0.39, 0.29) is 16.5 Å². The maximum absolute atomic E-state index is 11.4. The summed E-state index contributed by atoms with van der Waals surface area (Å²) in [6, 6.07) is 0. The molecule has 0 amide bonds. The molecule has 0 radical (unpaired) electrons. The SMILES string of the molecule is CC1CC2(/C(Cl)=N/O)CCC1(C(=O)O)CC2. The van der Waals surface area contributed by atoms with Gasteiger partial charge in [-0.25, -0.2) is 0 Å². The first kappa shape index (κ1) is 11.7. The molecule has 2 N–H and O–H groups in total. The molecule has 0 aromatic heterocycles. The van der Waals surface area contributed by atoms with E-state index >= 15 is 0 Å². The van der Waals surface area contributed by atoms with Crippen molar-refractivity contribution in [2.24, 2.45) is 21.9 Å². The lowest BCUT2D eigenvalue weighted by atomic mass is 9.50. The minimum atomic E-state index is -0.689. The van der Waals surface area contributed by atoms with Crippen LogP contribution in [-0.2, 0) is 4.79 Å². The Kier molecular flexibility index (Phi) is 2.65. The van der Waals surface area contributed by atoms with Crippen molar-refractivity contribution < 1.29 is 15.1 Å². The van der Waals surface area contributed by atoms with Crippen LogP contribution in [0.4, 0.5) is 0 Å². The molecule has 3 aliphatic rings. The molecule has 2 bridgehead atoms. The third-order valence-electron chi connectivity index (χ3n) is 4.69. The number of rotatable bonds is 2. The van der Waals surface area contributed by atoms with E-state index in [9.17, 15) is 9.90 Å². The Morgan fingerprint density at radius 1 is 1.38 bits per heavy atom. The fourth-order valence-electron chi connectivity index (χ4n) is 3.47. The van der Waals surface area contributed by atoms with Gasteiger partial charge in [0, 0.05) is 5.41 Å². The number of halogens is 1. The quantitative estimate of drug-likeness (QED) is 0.446. The average Bonchev–Trinajstić information content (AvgIpc) is 2.29. The zero-order valence-corrected chi connectivity index (χ0v) is 10.00. The van der Waals surface area contributed by atoms with Gasteiger partial charge < -0.3 is 10.3 Å². The topological polar surface area (TPSA) is 69.9 Å². The van der Waals surface area contributed by atoms with Crippen LogP contribution in [0.25, 0.3) is 0 Å². The number of carboxylic acid groups (broad SMARTS) is 1. The fourth-order valence-corrected chi connectivity index (χ4v) is 3.74. The van der Waals surface area contributed by atoms with Crippen molar-refractivity contribution in [3.05, 3.63) is 0 Å². The highest BCUT2D eigenvalue weighted by molar-refractivity contribution is 6.66. The Morgan fingerprint density at radius 3 is 2.31 bits per heavy atom. The van der Waals surface area contributed by atoms with Crippen LogP contribution in [-0.4, -0.2) is 21.5 Å². The molecule has 0 heterocycles. The Hall–Kier alpha value is -0.770. The van der Waals surface area contributed by atoms with Crippen molar-refractivity contribution in [2.75, 3.05) is 0 Å². The van der Waals surface area contributed by atoms with E-state index in [0.29, 0.717) is 32.1 Å². The van der Waals surface area contributed by atoms with E-state index in [1.54, 1.807) is 0 Å². The molecule has 5 heteroatoms. The standard InChI is InChI=1S/C11H16ClNO3/c1-7-6-10(8(12)13-16)2-4-11(7,5-3-10)9(14)15/h7,16H,2-6H2,1H3,(H,14,15)/b13-8-. The summed E-state index contributed by atoms with van der Waals surface area (Å²) in [5.41, 5.74) is -0.846. The second-order valence-corrected chi connectivity index (χ2v) is 5.60. The Morgan fingerprint density at radius 2 is 1.94 bits per heavy atom. The molecule has 4 nitrogen and oxygen atoms in total. The normalized spacial score (nSPS) is 43.4. The van der Waals surface area contributed by atoms with Crippen LogP contribution in [0.5, 0.6) is 0 Å². The van der Waals surface area contributed by atoms with Crippen molar-refractivity contribution in [3.63, 3.8) is 0 Å². The zero-order chi connectivity index (χ0) is 12.0. The summed E-state index contributed by atoms with van der Waals surface area (Å²) in [7, 11) is 0. The molecule has 1 atom stereocenters. The number of nitrogens with zero attached hydrogens (tertiary/aromatic N) is 1. The summed E-state index contributed by atoms with van der Waals surface area (Å²) in [5.74, 6) is -0.603. The second kappa shape index (κ2) is 3.62. The van der Waals surface area contributed by atoms with Gasteiger partial charge in [0.05, 0.1) is 5.41 Å². The maximum atomic E-state index is 11.4. The Balaban J connectivity index is 2.30. The molecule has 3 rings (SSSR count). The van der Waals surface area contributed by atoms with Gasteiger partial charge in [-0.15, -0.1) is 0 Å². The van der Waals surface area contributed by atoms with Crippen molar-refractivity contribution in [1.29, 1.82) is 0 Å². The molecule has 16 heavy (non-hydrogen) atoms. The van der Waals surface area contributed by atoms with Gasteiger partial charge in [-0.1, -0.05) is 23.7 Å². The highest BCUT2D eigenvalue weighted by Crippen LogP contribution is 2.60. The molecular weight excluding hydrogens is 230 g/mol. The first-order chi connectivity index (χ1) is 7.47. The van der Waals surface area contributed by atoms with E-state index in [4.69, 9.17) is 16.8 Å². The van der Waals surface area contributed by atoms with E-state index in [1.807, 2.05) is 6.92 Å². The van der Waals surface area contributed by atoms with E-state index in [1.165, 1.54) is 0 Å². The fraction of sp³-hybridized carbons (Fsp3) is 0.818. The van der Waals surface area contributed by atoms with Gasteiger partial charge >= 0.3 is 5.97 Å². The predicted octanol–water partition coefficient (Wildman–Crippen LogP) is 2.68. The largest absolute Gasteiger partial charge is 0.481 e. The summed E-state index contributed by atoms with van der Waals surface area (Å²) in [6.07, 6.45) is 3.41. The van der Waals surface area contributed by atoms with Crippen LogP contribution >= 0.6 is 11.6 Å². The van der Waals surface area contributed by atoms with Gasteiger partial charge in [0.25, 0.3) is 0 Å². The predicted molar refractivity (Wildman–Crippen MR) is 59.8 cm³/mol. The first-order valence-corrected chi connectivity index (χ1v) is 5.96. The van der Waals surface area contributed by atoms with Crippen molar-refractivity contribution >= 4 is 22.7 Å². The molecule has 0 spiro atoms. The third kappa shape index (κ3) is 1.35. The van der Waals surface area contributed by atoms with E-state index in [0.717, 1.165) is 0 Å². The smallest absolute Gasteiger partial charge is 0.309 e. The lowest BCUT2D eigenvalue weighted by Gasteiger charge is -2.54. The molecule has 3 fully saturated rings. The van der Waals surface area contributed by atoms with Crippen LogP contribution in [0.2, 0.25) is 0 Å². The van der Waals surface area contributed by atoms with Crippen LogP contribution in [0.1, 0.15) is 39.0 Å². The summed E-state index contributed by atoms with van der Waals surface area (Å²) in [5, 5.41) is 21.5. The Labute approximate surface area is 99.3 Å². The lowest BCUT2D eigenvalue weighted by Crippen LogP contribution is -2.53. The highest BCUT2D eigenvalue weighted by Gasteiger charge is 2.58. The summed E-state index contributed by atoms with van der Waals surface area (Å²) in [6.45, 7) is 1.96. The Bertz CT molecular complexity index is 345. The number of fused-ring (bicyclic) bond motifs is 3. The summed E-state index contributed by atoms with van der Waals surface area (Å²) >= 11 is 5.97. The number of hydrogen-bond donors (Lipinski definition) is 2. The molecule has 0 aromatic carbocycles. The average molecular weight is 246 g/mol. The molecule has 1 unspecified atom stereocenters. The molecule has 3 saturated carbocycles. The number of aliphatic carboxylic acids is 1. The third-order valence-corrected chi connectivity index (χ3v) is 5.17. The number of hydrogen-bond acceptors (Lipinski definition) is 3. The summed E-state index contributed by atoms with van der Waals surface area (Å²) in [4.78, 5) is 11.4. The van der Waals surface area contributed by atoms with Gasteiger partial charge in [0.15, 0.2) is 5.17 Å². The second-order valence-electron chi connectivity index (χ2n) is 5.24. The lowest BCUT2D eigenvalue weighted by molar-refractivity contribution is -0.162. The van der Waals surface area contributed by atoms with Gasteiger partial charge in [-0.3, -0.25) is 4.79 Å². The van der Waals surface area contributed by atoms with Crippen LogP contribution < -0.4 is 0 Å². The minimum Gasteiger partial charge on any atom is -0.481 e. The van der Waals surface area contributed by atoms with Gasteiger partial charge in [-0.05, 0) is 38.0 Å². The van der Waals surface area contributed by atoms with Gasteiger partial charge in [0.1, 0.15) is 0 Å². The minimum absolute atomic E-state index is 0.0861. The molecule has 0 aliphatic heterocycles. The molecule has 90 valence electrons. The molecule has 3 aliphatic carbocycles. The maximum Gasteiger partial charge on any atom is 0.309 e. The van der Waals surface area contributed by atoms with Gasteiger partial charge in [0.2, 0.25) is 0 Å². The summed E-state index contributed by atoms with van der Waals surface area (Å²) < 4.78 is 0. The number of carbonyl (C=O) groups is 1. The molecular formula is C11H16ClNO3. The zero-order valence-electron chi connectivity index (χ0n) is 9.24. The van der Waals surface area contributed by atoms with E-state index in [2.05, 4.69) is 5.16 Å². The van der Waals surface area contributed by atoms with Gasteiger partial charge in [-0.2, -0.15) is 0 Å². The van der Waals surface area contributed by atoms with E-state index < -0.39 is 11.4 Å². The molecule has 0 aromatic rings. The monoisotopic (exact) mass is 245 g/mol. The number of oxime groups is 1.